The number of anilines is 1. The number of amides is 2. The summed E-state index contributed by atoms with van der Waals surface area (Å²) in [6.07, 6.45) is 1.16. The number of carbonyl (C=O) groups is 2. The molecule has 2 heterocycles. The van der Waals surface area contributed by atoms with E-state index in [4.69, 9.17) is 9.47 Å². The quantitative estimate of drug-likeness (QED) is 0.298. The molecule has 224 valence electrons. The maximum Gasteiger partial charge on any atom is 0.228 e. The van der Waals surface area contributed by atoms with Crippen LogP contribution in [0, 0.1) is 11.8 Å². The number of aliphatic hydroxyl groups excluding tert-OH is 1. The number of nitrogens with one attached hydrogen (secondary N) is 2. The van der Waals surface area contributed by atoms with Crippen molar-refractivity contribution in [1.82, 2.24) is 10.2 Å². The van der Waals surface area contributed by atoms with Crippen molar-refractivity contribution in [3.8, 4) is 5.75 Å². The summed E-state index contributed by atoms with van der Waals surface area (Å²) in [6.45, 7) is 7.78. The third kappa shape index (κ3) is 7.75. The molecule has 2 aromatic rings. The topological polar surface area (TPSA) is 120 Å². The van der Waals surface area contributed by atoms with Crippen LogP contribution in [0.1, 0.15) is 43.4 Å². The van der Waals surface area contributed by atoms with Crippen molar-refractivity contribution in [3.63, 3.8) is 0 Å². The minimum Gasteiger partial charge on any atom is -0.490 e. The molecule has 5 atom stereocenters. The van der Waals surface area contributed by atoms with Crippen LogP contribution in [-0.2, 0) is 20.9 Å². The molecule has 1 saturated heterocycles. The Kier molecular flexibility index (Phi) is 10.6. The number of hydrogen-bond acceptors (Lipinski definition) is 7. The average Bonchev–Trinajstić information content (AvgIpc) is 2.96. The molecule has 0 radical (unpaired) electrons. The average molecular weight is 584 g/mol. The molecule has 10 heteroatoms. The number of aliphatic hydroxyl groups is 1. The minimum atomic E-state index is -2.91. The van der Waals surface area contributed by atoms with Gasteiger partial charge in [0.2, 0.25) is 11.8 Å². The predicted molar refractivity (Wildman–Crippen MR) is 161 cm³/mol. The van der Waals surface area contributed by atoms with Crippen molar-refractivity contribution in [3.05, 3.63) is 59.7 Å². The predicted octanol–water partition coefficient (Wildman–Crippen LogP) is 3.69. The summed E-state index contributed by atoms with van der Waals surface area (Å²) in [4.78, 5) is 39.5. The molecule has 9 nitrogen and oxygen atoms in total. The Bertz CT molecular complexity index is 1170. The van der Waals surface area contributed by atoms with Crippen LogP contribution >= 0.6 is 0 Å². The molecule has 2 aliphatic heterocycles. The Hall–Kier alpha value is -2.76. The SMILES string of the molecule is CO[C@@H]1c2cc(NC(=O)C3CCCNC3)ccc2O[C@H](C(CC(=O)N(CCO)Cc2ccccc2)[Si](C)(C)O)[C@H]1C. The minimum absolute atomic E-state index is 0.00307. The molecule has 1 fully saturated rings. The molecule has 0 aliphatic carbocycles. The molecule has 4 rings (SSSR count). The summed E-state index contributed by atoms with van der Waals surface area (Å²) in [5, 5.41) is 16.0. The highest BCUT2D eigenvalue weighted by Crippen LogP contribution is 2.47. The molecule has 2 unspecified atom stereocenters. The van der Waals surface area contributed by atoms with E-state index in [1.807, 2.05) is 68.5 Å². The van der Waals surface area contributed by atoms with Gasteiger partial charge < -0.3 is 34.9 Å². The van der Waals surface area contributed by atoms with Crippen LogP contribution in [0.3, 0.4) is 0 Å². The monoisotopic (exact) mass is 583 g/mol. The fourth-order valence-electron chi connectivity index (χ4n) is 6.08. The van der Waals surface area contributed by atoms with E-state index < -0.39 is 20.0 Å². The molecule has 0 saturated carbocycles. The van der Waals surface area contributed by atoms with Crippen molar-refractivity contribution >= 4 is 25.8 Å². The molecule has 2 aromatic carbocycles. The largest absolute Gasteiger partial charge is 0.490 e. The molecule has 0 aromatic heterocycles. The van der Waals surface area contributed by atoms with Gasteiger partial charge in [0.15, 0.2) is 8.32 Å². The third-order valence-electron chi connectivity index (χ3n) is 8.40. The van der Waals surface area contributed by atoms with Crippen molar-refractivity contribution in [2.24, 2.45) is 11.8 Å². The van der Waals surface area contributed by atoms with Gasteiger partial charge >= 0.3 is 0 Å². The van der Waals surface area contributed by atoms with Gasteiger partial charge in [-0.2, -0.15) is 0 Å². The lowest BCUT2D eigenvalue weighted by atomic mass is 9.86. The zero-order chi connectivity index (χ0) is 29.6. The molecular formula is C31H45N3O6Si. The zero-order valence-corrected chi connectivity index (χ0v) is 25.6. The first-order chi connectivity index (χ1) is 19.6. The number of methoxy groups -OCH3 is 1. The standard InChI is InChI=1S/C31H45N3O6Si/c1-21-29(39-2)25-17-24(33-31(37)23-11-8-14-32-19-23)12-13-26(25)40-30(21)27(41(3,4)38)18-28(36)34(15-16-35)20-22-9-6-5-7-10-22/h5-7,9-10,12-13,17,21,23,27,29-30,32,35,38H,8,11,14-16,18-20H2,1-4H3,(H,33,37)/t21-,23?,27?,29-,30-/m0/s1. The molecule has 41 heavy (non-hydrogen) atoms. The fraction of sp³-hybridized carbons (Fsp3) is 0.548. The third-order valence-corrected chi connectivity index (χ3v) is 10.7. The Morgan fingerprint density at radius 1 is 1.22 bits per heavy atom. The summed E-state index contributed by atoms with van der Waals surface area (Å²) < 4.78 is 12.5. The van der Waals surface area contributed by atoms with E-state index in [2.05, 4.69) is 10.6 Å². The summed E-state index contributed by atoms with van der Waals surface area (Å²) in [5.41, 5.74) is 2.10. The second-order valence-electron chi connectivity index (χ2n) is 11.9. The van der Waals surface area contributed by atoms with E-state index in [9.17, 15) is 19.5 Å². The summed E-state index contributed by atoms with van der Waals surface area (Å²) in [6, 6.07) is 15.3. The van der Waals surface area contributed by atoms with E-state index in [-0.39, 0.29) is 49.3 Å². The highest BCUT2D eigenvalue weighted by atomic mass is 28.4. The van der Waals surface area contributed by atoms with Crippen molar-refractivity contribution in [2.45, 2.75) is 63.6 Å². The number of ether oxygens (including phenoxy) is 2. The highest BCUT2D eigenvalue weighted by molar-refractivity contribution is 6.71. The van der Waals surface area contributed by atoms with Crippen LogP contribution in [0.2, 0.25) is 18.6 Å². The lowest BCUT2D eigenvalue weighted by molar-refractivity contribution is -0.133. The first-order valence-electron chi connectivity index (χ1n) is 14.6. The van der Waals surface area contributed by atoms with Gasteiger partial charge in [0.25, 0.3) is 0 Å². The van der Waals surface area contributed by atoms with E-state index in [0.29, 0.717) is 24.5 Å². The Balaban J connectivity index is 1.54. The van der Waals surface area contributed by atoms with Gasteiger partial charge in [-0.3, -0.25) is 9.59 Å². The maximum absolute atomic E-state index is 13.6. The second kappa shape index (κ2) is 13.9. The fourth-order valence-corrected chi connectivity index (χ4v) is 7.93. The summed E-state index contributed by atoms with van der Waals surface area (Å²) in [7, 11) is -1.26. The number of piperidine rings is 1. The normalized spacial score (nSPS) is 23.2. The van der Waals surface area contributed by atoms with E-state index in [1.54, 1.807) is 12.0 Å². The van der Waals surface area contributed by atoms with Crippen molar-refractivity contribution < 1.29 is 29.0 Å². The van der Waals surface area contributed by atoms with Crippen molar-refractivity contribution in [1.29, 1.82) is 0 Å². The zero-order valence-electron chi connectivity index (χ0n) is 24.6. The van der Waals surface area contributed by atoms with Gasteiger partial charge in [0.1, 0.15) is 11.9 Å². The first kappa shape index (κ1) is 31.2. The van der Waals surface area contributed by atoms with E-state index in [1.165, 1.54) is 0 Å². The molecule has 0 bridgehead atoms. The molecule has 0 spiro atoms. The second-order valence-corrected chi connectivity index (χ2v) is 15.9. The van der Waals surface area contributed by atoms with Gasteiger partial charge in [-0.25, -0.2) is 0 Å². The number of rotatable bonds is 11. The Morgan fingerprint density at radius 3 is 2.61 bits per heavy atom. The lowest BCUT2D eigenvalue weighted by Gasteiger charge is -2.44. The van der Waals surface area contributed by atoms with Crippen LogP contribution in [0.25, 0.3) is 0 Å². The van der Waals surface area contributed by atoms with E-state index in [0.717, 1.165) is 30.5 Å². The number of benzene rings is 2. The number of hydrogen-bond donors (Lipinski definition) is 4. The lowest BCUT2D eigenvalue weighted by Crippen LogP contribution is -2.50. The van der Waals surface area contributed by atoms with Crippen LogP contribution in [-0.4, -0.2) is 74.4 Å². The molecule has 2 aliphatic rings. The van der Waals surface area contributed by atoms with Crippen LogP contribution in [0.5, 0.6) is 5.75 Å². The number of fused-ring (bicyclic) bond motifs is 1. The van der Waals surface area contributed by atoms with Crippen molar-refractivity contribution in [2.75, 3.05) is 38.7 Å². The highest BCUT2D eigenvalue weighted by Gasteiger charge is 2.47. The Morgan fingerprint density at radius 2 is 1.98 bits per heavy atom. The molecule has 4 N–H and O–H groups in total. The van der Waals surface area contributed by atoms with Crippen LogP contribution in [0.15, 0.2) is 48.5 Å². The van der Waals surface area contributed by atoms with Gasteiger partial charge in [0.05, 0.1) is 18.6 Å². The molecule has 2 amide bonds. The first-order valence-corrected chi connectivity index (χ1v) is 17.6. The van der Waals surface area contributed by atoms with Gasteiger partial charge in [-0.15, -0.1) is 0 Å². The van der Waals surface area contributed by atoms with Gasteiger partial charge in [-0.1, -0.05) is 37.3 Å². The number of carbonyl (C=O) groups excluding carboxylic acids is 2. The maximum atomic E-state index is 13.6. The van der Waals surface area contributed by atoms with Crippen LogP contribution < -0.4 is 15.4 Å². The summed E-state index contributed by atoms with van der Waals surface area (Å²) in [5.74, 6) is 0.277. The smallest absolute Gasteiger partial charge is 0.228 e. The number of nitrogens with zero attached hydrogens (tertiary/aromatic N) is 1. The Labute approximate surface area is 244 Å². The summed E-state index contributed by atoms with van der Waals surface area (Å²) >= 11 is 0. The van der Waals surface area contributed by atoms with Crippen LogP contribution in [0.4, 0.5) is 5.69 Å². The van der Waals surface area contributed by atoms with Gasteiger partial charge in [0, 0.05) is 55.9 Å². The van der Waals surface area contributed by atoms with E-state index >= 15 is 0 Å². The van der Waals surface area contributed by atoms with Gasteiger partial charge in [-0.05, 0) is 56.2 Å². The molecular weight excluding hydrogens is 538 g/mol.